The van der Waals surface area contributed by atoms with Crippen LogP contribution in [0.4, 0.5) is 5.69 Å². The number of hydrogen-bond donors (Lipinski definition) is 2. The van der Waals surface area contributed by atoms with Gasteiger partial charge in [-0.2, -0.15) is 0 Å². The molecule has 0 atom stereocenters. The summed E-state index contributed by atoms with van der Waals surface area (Å²) < 4.78 is 0. The molecule has 0 saturated heterocycles. The molecule has 20 heavy (non-hydrogen) atoms. The van der Waals surface area contributed by atoms with Crippen LogP contribution in [0.3, 0.4) is 0 Å². The molecule has 0 spiro atoms. The summed E-state index contributed by atoms with van der Waals surface area (Å²) in [6.45, 7) is 0. The number of carbonyl (C=O) groups is 2. The third kappa shape index (κ3) is 3.83. The lowest BCUT2D eigenvalue weighted by atomic mass is 10.1. The molecule has 0 fully saturated rings. The Balaban J connectivity index is 2.04. The van der Waals surface area contributed by atoms with Crippen molar-refractivity contribution in [2.24, 2.45) is 0 Å². The van der Waals surface area contributed by atoms with Crippen LogP contribution in [-0.4, -0.2) is 17.0 Å². The van der Waals surface area contributed by atoms with Gasteiger partial charge in [-0.25, -0.2) is 0 Å². The lowest BCUT2D eigenvalue weighted by Gasteiger charge is -2.06. The Morgan fingerprint density at radius 2 is 1.60 bits per heavy atom. The summed E-state index contributed by atoms with van der Waals surface area (Å²) in [5.74, 6) is -1.13. The molecule has 0 bridgehead atoms. The van der Waals surface area contributed by atoms with Gasteiger partial charge in [-0.05, 0) is 42.0 Å². The molecule has 0 aliphatic heterocycles. The number of benzene rings is 2. The first-order valence-corrected chi connectivity index (χ1v) is 6.30. The summed E-state index contributed by atoms with van der Waals surface area (Å²) in [5.41, 5.74) is 1.80. The monoisotopic (exact) mass is 289 g/mol. The van der Waals surface area contributed by atoms with Crippen LogP contribution in [0.2, 0.25) is 5.02 Å². The molecular formula is C15H12ClNO3. The second-order valence-electron chi connectivity index (χ2n) is 4.23. The molecule has 0 saturated carbocycles. The van der Waals surface area contributed by atoms with Crippen LogP contribution in [0.25, 0.3) is 0 Å². The van der Waals surface area contributed by atoms with Crippen molar-refractivity contribution < 1.29 is 14.7 Å². The van der Waals surface area contributed by atoms with Gasteiger partial charge in [0, 0.05) is 16.3 Å². The summed E-state index contributed by atoms with van der Waals surface area (Å²) in [6.07, 6.45) is -0.0363. The summed E-state index contributed by atoms with van der Waals surface area (Å²) in [4.78, 5) is 22.5. The van der Waals surface area contributed by atoms with Crippen LogP contribution >= 0.6 is 11.6 Å². The van der Waals surface area contributed by atoms with E-state index < -0.39 is 5.97 Å². The predicted octanol–water partition coefficient (Wildman–Crippen LogP) is 3.22. The quantitative estimate of drug-likeness (QED) is 0.908. The SMILES string of the molecule is O=C(O)Cc1ccc(NC(=O)c2ccc(Cl)cc2)cc1. The molecule has 0 aliphatic rings. The van der Waals surface area contributed by atoms with Gasteiger partial charge in [0.15, 0.2) is 0 Å². The minimum absolute atomic E-state index is 0.0363. The van der Waals surface area contributed by atoms with E-state index in [2.05, 4.69) is 5.32 Å². The van der Waals surface area contributed by atoms with Gasteiger partial charge < -0.3 is 10.4 Å². The number of rotatable bonds is 4. The topological polar surface area (TPSA) is 66.4 Å². The molecular weight excluding hydrogens is 278 g/mol. The first-order valence-electron chi connectivity index (χ1n) is 5.92. The number of carbonyl (C=O) groups excluding carboxylic acids is 1. The highest BCUT2D eigenvalue weighted by Crippen LogP contribution is 2.14. The Bertz CT molecular complexity index is 621. The van der Waals surface area contributed by atoms with Crippen molar-refractivity contribution in [1.82, 2.24) is 0 Å². The van der Waals surface area contributed by atoms with E-state index >= 15 is 0 Å². The normalized spacial score (nSPS) is 10.1. The van der Waals surface area contributed by atoms with Crippen molar-refractivity contribution in [3.8, 4) is 0 Å². The minimum Gasteiger partial charge on any atom is -0.481 e. The van der Waals surface area contributed by atoms with Crippen molar-refractivity contribution in [1.29, 1.82) is 0 Å². The molecule has 0 unspecified atom stereocenters. The Hall–Kier alpha value is -2.33. The van der Waals surface area contributed by atoms with Crippen molar-refractivity contribution in [3.05, 3.63) is 64.7 Å². The maximum absolute atomic E-state index is 11.9. The standard InChI is InChI=1S/C15H12ClNO3/c16-12-5-3-11(4-6-12)15(20)17-13-7-1-10(2-8-13)9-14(18)19/h1-8H,9H2,(H,17,20)(H,18,19). The molecule has 0 aliphatic carbocycles. The molecule has 5 heteroatoms. The fourth-order valence-corrected chi connectivity index (χ4v) is 1.81. The first-order chi connectivity index (χ1) is 9.54. The van der Waals surface area contributed by atoms with Gasteiger partial charge in [-0.15, -0.1) is 0 Å². The van der Waals surface area contributed by atoms with E-state index in [9.17, 15) is 9.59 Å². The highest BCUT2D eigenvalue weighted by molar-refractivity contribution is 6.30. The molecule has 2 N–H and O–H groups in total. The molecule has 2 rings (SSSR count). The maximum atomic E-state index is 11.9. The summed E-state index contributed by atoms with van der Waals surface area (Å²) in [5, 5.41) is 12.0. The third-order valence-corrected chi connectivity index (χ3v) is 2.93. The average Bonchev–Trinajstić information content (AvgIpc) is 2.41. The molecule has 102 valence electrons. The number of halogens is 1. The van der Waals surface area contributed by atoms with Crippen LogP contribution in [0.15, 0.2) is 48.5 Å². The average molecular weight is 290 g/mol. The van der Waals surface area contributed by atoms with E-state index in [1.165, 1.54) is 0 Å². The number of aliphatic carboxylic acids is 1. The highest BCUT2D eigenvalue weighted by atomic mass is 35.5. The Kier molecular flexibility index (Phi) is 4.38. The molecule has 1 amide bonds. The van der Waals surface area contributed by atoms with Crippen LogP contribution in [0, 0.1) is 0 Å². The first kappa shape index (κ1) is 14.1. The fourth-order valence-electron chi connectivity index (χ4n) is 1.69. The van der Waals surface area contributed by atoms with E-state index in [1.54, 1.807) is 48.5 Å². The van der Waals surface area contributed by atoms with Crippen molar-refractivity contribution >= 4 is 29.2 Å². The summed E-state index contributed by atoms with van der Waals surface area (Å²) in [7, 11) is 0. The number of nitrogens with one attached hydrogen (secondary N) is 1. The minimum atomic E-state index is -0.886. The van der Waals surface area contributed by atoms with Gasteiger partial charge in [0.1, 0.15) is 0 Å². The molecule has 2 aromatic carbocycles. The van der Waals surface area contributed by atoms with Crippen molar-refractivity contribution in [2.45, 2.75) is 6.42 Å². The van der Waals surface area contributed by atoms with Gasteiger partial charge in [0.2, 0.25) is 0 Å². The van der Waals surface area contributed by atoms with Gasteiger partial charge in [-0.1, -0.05) is 23.7 Å². The second-order valence-corrected chi connectivity index (χ2v) is 4.66. The maximum Gasteiger partial charge on any atom is 0.307 e. The smallest absolute Gasteiger partial charge is 0.307 e. The van der Waals surface area contributed by atoms with Gasteiger partial charge in [0.05, 0.1) is 6.42 Å². The van der Waals surface area contributed by atoms with Crippen molar-refractivity contribution in [2.75, 3.05) is 5.32 Å². The van der Waals surface area contributed by atoms with Crippen molar-refractivity contribution in [3.63, 3.8) is 0 Å². The van der Waals surface area contributed by atoms with E-state index in [0.29, 0.717) is 21.8 Å². The van der Waals surface area contributed by atoms with E-state index in [0.717, 1.165) is 0 Å². The van der Waals surface area contributed by atoms with Gasteiger partial charge in [0.25, 0.3) is 5.91 Å². The van der Waals surface area contributed by atoms with Crippen LogP contribution < -0.4 is 5.32 Å². The summed E-state index contributed by atoms with van der Waals surface area (Å²) in [6, 6.07) is 13.3. The third-order valence-electron chi connectivity index (χ3n) is 2.67. The zero-order valence-electron chi connectivity index (χ0n) is 10.5. The molecule has 0 heterocycles. The van der Waals surface area contributed by atoms with Gasteiger partial charge in [-0.3, -0.25) is 9.59 Å². The molecule has 0 aromatic heterocycles. The molecule has 0 radical (unpaired) electrons. The lowest BCUT2D eigenvalue weighted by Crippen LogP contribution is -2.11. The Morgan fingerprint density at radius 3 is 2.15 bits per heavy atom. The number of hydrogen-bond acceptors (Lipinski definition) is 2. The zero-order chi connectivity index (χ0) is 14.5. The summed E-state index contributed by atoms with van der Waals surface area (Å²) >= 11 is 5.76. The Morgan fingerprint density at radius 1 is 1.00 bits per heavy atom. The number of carboxylic acid groups (broad SMARTS) is 1. The van der Waals surface area contributed by atoms with E-state index in [-0.39, 0.29) is 12.3 Å². The number of amides is 1. The largest absolute Gasteiger partial charge is 0.481 e. The lowest BCUT2D eigenvalue weighted by molar-refractivity contribution is -0.136. The van der Waals surface area contributed by atoms with E-state index in [1.807, 2.05) is 0 Å². The van der Waals surface area contributed by atoms with Gasteiger partial charge >= 0.3 is 5.97 Å². The molecule has 4 nitrogen and oxygen atoms in total. The molecule has 2 aromatic rings. The Labute approximate surface area is 121 Å². The van der Waals surface area contributed by atoms with E-state index in [4.69, 9.17) is 16.7 Å². The fraction of sp³-hybridized carbons (Fsp3) is 0.0667. The number of carboxylic acids is 1. The highest BCUT2D eigenvalue weighted by Gasteiger charge is 2.06. The second kappa shape index (κ2) is 6.21. The number of anilines is 1. The zero-order valence-corrected chi connectivity index (χ0v) is 11.2. The van der Waals surface area contributed by atoms with Crippen LogP contribution in [0.1, 0.15) is 15.9 Å². The van der Waals surface area contributed by atoms with Crippen LogP contribution in [0.5, 0.6) is 0 Å². The predicted molar refractivity (Wildman–Crippen MR) is 77.2 cm³/mol. The van der Waals surface area contributed by atoms with Crippen LogP contribution in [-0.2, 0) is 11.2 Å².